The fourth-order valence-corrected chi connectivity index (χ4v) is 3.20. The monoisotopic (exact) mass is 312 g/mol. The lowest BCUT2D eigenvalue weighted by Crippen LogP contribution is -2.52. The average molecular weight is 312 g/mol. The minimum absolute atomic E-state index is 0.0149. The smallest absolute Gasteiger partial charge is 0.248 e. The molecular formula is C16H28N2O4. The molecule has 6 nitrogen and oxygen atoms in total. The van der Waals surface area contributed by atoms with Gasteiger partial charge in [-0.2, -0.15) is 0 Å². The van der Waals surface area contributed by atoms with Crippen LogP contribution in [0.1, 0.15) is 39.0 Å². The summed E-state index contributed by atoms with van der Waals surface area (Å²) in [6, 6.07) is 0. The first-order chi connectivity index (χ1) is 10.5. The van der Waals surface area contributed by atoms with E-state index in [1.54, 1.807) is 12.0 Å². The number of carbonyl (C=O) groups is 2. The summed E-state index contributed by atoms with van der Waals surface area (Å²) in [5.74, 6) is 0.106. The second-order valence-corrected chi connectivity index (χ2v) is 6.60. The molecule has 2 fully saturated rings. The number of nitrogens with zero attached hydrogens (tertiary/aromatic N) is 1. The molecule has 126 valence electrons. The lowest BCUT2D eigenvalue weighted by atomic mass is 9.75. The Kier molecular flexibility index (Phi) is 6.20. The molecular weight excluding hydrogens is 284 g/mol. The Bertz CT molecular complexity index is 394. The van der Waals surface area contributed by atoms with Gasteiger partial charge in [-0.25, -0.2) is 0 Å². The van der Waals surface area contributed by atoms with Crippen LogP contribution in [0.3, 0.4) is 0 Å². The number of amides is 2. The predicted molar refractivity (Wildman–Crippen MR) is 82.4 cm³/mol. The molecule has 1 heterocycles. The maximum atomic E-state index is 12.4. The third-order valence-corrected chi connectivity index (χ3v) is 4.78. The zero-order chi connectivity index (χ0) is 16.0. The molecule has 0 spiro atoms. The Balaban J connectivity index is 1.78. The van der Waals surface area contributed by atoms with Crippen molar-refractivity contribution < 1.29 is 19.1 Å². The molecule has 1 aliphatic heterocycles. The first-order valence-corrected chi connectivity index (χ1v) is 8.22. The predicted octanol–water partition coefficient (Wildman–Crippen LogP) is 0.947. The van der Waals surface area contributed by atoms with Gasteiger partial charge < -0.3 is 19.7 Å². The van der Waals surface area contributed by atoms with Crippen molar-refractivity contribution in [3.8, 4) is 0 Å². The Hall–Kier alpha value is -1.14. The summed E-state index contributed by atoms with van der Waals surface area (Å²) in [6.07, 6.45) is 5.27. The van der Waals surface area contributed by atoms with Crippen LogP contribution >= 0.6 is 0 Å². The molecule has 22 heavy (non-hydrogen) atoms. The molecule has 1 saturated heterocycles. The molecule has 2 rings (SSSR count). The van der Waals surface area contributed by atoms with E-state index in [0.29, 0.717) is 26.2 Å². The van der Waals surface area contributed by atoms with Crippen molar-refractivity contribution in [3.05, 3.63) is 0 Å². The van der Waals surface area contributed by atoms with E-state index in [0.717, 1.165) is 25.7 Å². The summed E-state index contributed by atoms with van der Waals surface area (Å²) in [4.78, 5) is 25.9. The van der Waals surface area contributed by atoms with Crippen molar-refractivity contribution in [3.63, 3.8) is 0 Å². The molecule has 1 atom stereocenters. The summed E-state index contributed by atoms with van der Waals surface area (Å²) in [6.45, 7) is 4.20. The topological polar surface area (TPSA) is 67.9 Å². The molecule has 0 radical (unpaired) electrons. The molecule has 6 heteroatoms. The molecule has 0 aromatic heterocycles. The molecule has 2 amide bonds. The van der Waals surface area contributed by atoms with Gasteiger partial charge in [-0.05, 0) is 12.8 Å². The van der Waals surface area contributed by atoms with Gasteiger partial charge in [-0.15, -0.1) is 0 Å². The van der Waals surface area contributed by atoms with E-state index >= 15 is 0 Å². The van der Waals surface area contributed by atoms with Crippen LogP contribution in [-0.2, 0) is 19.1 Å². The van der Waals surface area contributed by atoms with E-state index < -0.39 is 0 Å². The highest BCUT2D eigenvalue weighted by Crippen LogP contribution is 2.35. The molecule has 1 saturated carbocycles. The zero-order valence-corrected chi connectivity index (χ0v) is 13.7. The minimum Gasteiger partial charge on any atom is -0.383 e. The lowest BCUT2D eigenvalue weighted by Gasteiger charge is -2.35. The Morgan fingerprint density at radius 2 is 2.14 bits per heavy atom. The van der Waals surface area contributed by atoms with Crippen LogP contribution in [0.5, 0.6) is 0 Å². The number of nitrogens with one attached hydrogen (secondary N) is 1. The maximum Gasteiger partial charge on any atom is 0.248 e. The van der Waals surface area contributed by atoms with E-state index in [2.05, 4.69) is 12.2 Å². The highest BCUT2D eigenvalue weighted by Gasteiger charge is 2.35. The Morgan fingerprint density at radius 3 is 2.82 bits per heavy atom. The second-order valence-electron chi connectivity index (χ2n) is 6.60. The van der Waals surface area contributed by atoms with Crippen molar-refractivity contribution in [1.29, 1.82) is 0 Å². The molecule has 1 N–H and O–H groups in total. The van der Waals surface area contributed by atoms with Crippen LogP contribution in [0, 0.1) is 5.41 Å². The molecule has 2 aliphatic rings. The number of hydrogen-bond acceptors (Lipinski definition) is 4. The van der Waals surface area contributed by atoms with Crippen molar-refractivity contribution in [2.75, 3.05) is 40.0 Å². The first-order valence-electron chi connectivity index (χ1n) is 8.22. The lowest BCUT2D eigenvalue weighted by molar-refractivity contribution is -0.149. The van der Waals surface area contributed by atoms with E-state index in [-0.39, 0.29) is 29.9 Å². The van der Waals surface area contributed by atoms with Gasteiger partial charge in [0, 0.05) is 32.2 Å². The first kappa shape index (κ1) is 17.2. The number of methoxy groups -OCH3 is 1. The van der Waals surface area contributed by atoms with E-state index in [9.17, 15) is 9.59 Å². The third kappa shape index (κ3) is 4.43. The third-order valence-electron chi connectivity index (χ3n) is 4.78. The van der Waals surface area contributed by atoms with Crippen LogP contribution in [0.15, 0.2) is 0 Å². The van der Waals surface area contributed by atoms with Crippen molar-refractivity contribution in [2.45, 2.75) is 45.1 Å². The van der Waals surface area contributed by atoms with Crippen LogP contribution in [-0.4, -0.2) is 62.8 Å². The quantitative estimate of drug-likeness (QED) is 0.793. The fourth-order valence-electron chi connectivity index (χ4n) is 3.20. The number of morpholine rings is 1. The van der Waals surface area contributed by atoms with Crippen molar-refractivity contribution in [2.24, 2.45) is 5.41 Å². The van der Waals surface area contributed by atoms with Gasteiger partial charge in [0.15, 0.2) is 0 Å². The summed E-state index contributed by atoms with van der Waals surface area (Å²) in [5.41, 5.74) is -0.238. The maximum absolute atomic E-state index is 12.4. The van der Waals surface area contributed by atoms with Crippen LogP contribution in [0.2, 0.25) is 0 Å². The molecule has 1 unspecified atom stereocenters. The van der Waals surface area contributed by atoms with E-state index in [1.807, 2.05) is 0 Å². The summed E-state index contributed by atoms with van der Waals surface area (Å²) < 4.78 is 10.5. The van der Waals surface area contributed by atoms with Gasteiger partial charge >= 0.3 is 0 Å². The molecule has 1 aliphatic carbocycles. The second kappa shape index (κ2) is 7.92. The normalized spacial score (nSPS) is 25.1. The van der Waals surface area contributed by atoms with E-state index in [1.165, 1.54) is 6.42 Å². The molecule has 0 bridgehead atoms. The van der Waals surface area contributed by atoms with Crippen LogP contribution in [0.25, 0.3) is 0 Å². The number of carbonyl (C=O) groups excluding carboxylic acids is 2. The fraction of sp³-hybridized carbons (Fsp3) is 0.875. The van der Waals surface area contributed by atoms with Gasteiger partial charge in [0.25, 0.3) is 0 Å². The average Bonchev–Trinajstić information content (AvgIpc) is 2.53. The van der Waals surface area contributed by atoms with Crippen molar-refractivity contribution >= 4 is 11.8 Å². The summed E-state index contributed by atoms with van der Waals surface area (Å²) >= 11 is 0. The zero-order valence-electron chi connectivity index (χ0n) is 13.7. The summed E-state index contributed by atoms with van der Waals surface area (Å²) in [5, 5.41) is 3.02. The number of hydrogen-bond donors (Lipinski definition) is 1. The largest absolute Gasteiger partial charge is 0.383 e. The van der Waals surface area contributed by atoms with Crippen molar-refractivity contribution in [1.82, 2.24) is 10.2 Å². The standard InChI is InChI=1S/C16H28N2O4/c1-16(6-4-3-5-7-16)15(20)17-10-13-11-18(8-9-21-2)14(19)12-22-13/h13H,3-12H2,1-2H3,(H,17,20). The van der Waals surface area contributed by atoms with Gasteiger partial charge in [0.1, 0.15) is 6.61 Å². The van der Waals surface area contributed by atoms with Gasteiger partial charge in [0.05, 0.1) is 12.7 Å². The SMILES string of the molecule is COCCN1CC(CNC(=O)C2(C)CCCCC2)OCC1=O. The number of ether oxygens (including phenoxy) is 2. The summed E-state index contributed by atoms with van der Waals surface area (Å²) in [7, 11) is 1.62. The Labute approximate surface area is 132 Å². The molecule has 0 aromatic carbocycles. The highest BCUT2D eigenvalue weighted by molar-refractivity contribution is 5.82. The minimum atomic E-state index is -0.238. The number of rotatable bonds is 6. The van der Waals surface area contributed by atoms with Crippen LogP contribution in [0.4, 0.5) is 0 Å². The highest BCUT2D eigenvalue weighted by atomic mass is 16.5. The van der Waals surface area contributed by atoms with Crippen LogP contribution < -0.4 is 5.32 Å². The van der Waals surface area contributed by atoms with E-state index in [4.69, 9.17) is 9.47 Å². The molecule has 0 aromatic rings. The van der Waals surface area contributed by atoms with Gasteiger partial charge in [-0.1, -0.05) is 26.2 Å². The van der Waals surface area contributed by atoms with Gasteiger partial charge in [0.2, 0.25) is 11.8 Å². The Morgan fingerprint density at radius 1 is 1.41 bits per heavy atom. The van der Waals surface area contributed by atoms with Gasteiger partial charge in [-0.3, -0.25) is 9.59 Å².